The van der Waals surface area contributed by atoms with Gasteiger partial charge >= 0.3 is 0 Å². The molecule has 3 heteroatoms. The van der Waals surface area contributed by atoms with Gasteiger partial charge < -0.3 is 14.7 Å². The molecule has 2 aliphatic rings. The molecule has 0 amide bonds. The zero-order valence-corrected chi connectivity index (χ0v) is 14.1. The fourth-order valence-electron chi connectivity index (χ4n) is 3.66. The lowest BCUT2D eigenvalue weighted by molar-refractivity contribution is 0.207. The van der Waals surface area contributed by atoms with Crippen LogP contribution in [0.1, 0.15) is 46.5 Å². The summed E-state index contributed by atoms with van der Waals surface area (Å²) in [5, 5.41) is 0. The van der Waals surface area contributed by atoms with Crippen LogP contribution in [-0.2, 0) is 0 Å². The lowest BCUT2D eigenvalue weighted by Gasteiger charge is -2.26. The van der Waals surface area contributed by atoms with E-state index >= 15 is 0 Å². The minimum absolute atomic E-state index is 0.724. The standard InChI is InChI=1S/C17H35N3/c1-15(2)20-9-5-6-17(8-11-20)14-19-10-7-16(3)18(4)12-13-19/h15-17H,5-14H2,1-4H3/t16-,17?/m0/s1. The fraction of sp³-hybridized carbons (Fsp3) is 1.00. The van der Waals surface area contributed by atoms with Gasteiger partial charge in [-0.1, -0.05) is 0 Å². The molecule has 0 bridgehead atoms. The molecule has 0 aromatic heterocycles. The molecular weight excluding hydrogens is 246 g/mol. The van der Waals surface area contributed by atoms with Crippen molar-refractivity contribution >= 4 is 0 Å². The van der Waals surface area contributed by atoms with Gasteiger partial charge in [-0.15, -0.1) is 0 Å². The van der Waals surface area contributed by atoms with Crippen LogP contribution in [0.25, 0.3) is 0 Å². The summed E-state index contributed by atoms with van der Waals surface area (Å²) in [7, 11) is 2.28. The Kier molecular flexibility index (Phi) is 6.31. The Bertz CT molecular complexity index is 267. The Balaban J connectivity index is 1.78. The molecule has 2 rings (SSSR count). The first kappa shape index (κ1) is 16.3. The van der Waals surface area contributed by atoms with E-state index in [9.17, 15) is 0 Å². The number of nitrogens with zero attached hydrogens (tertiary/aromatic N) is 3. The molecule has 2 aliphatic heterocycles. The van der Waals surface area contributed by atoms with E-state index in [1.165, 1.54) is 65.0 Å². The zero-order chi connectivity index (χ0) is 14.5. The first-order valence-electron chi connectivity index (χ1n) is 8.73. The van der Waals surface area contributed by atoms with Gasteiger partial charge in [0.05, 0.1) is 0 Å². The van der Waals surface area contributed by atoms with E-state index in [1.807, 2.05) is 0 Å². The highest BCUT2D eigenvalue weighted by Crippen LogP contribution is 2.21. The van der Waals surface area contributed by atoms with Crippen LogP contribution in [0.3, 0.4) is 0 Å². The van der Waals surface area contributed by atoms with Gasteiger partial charge in [0.2, 0.25) is 0 Å². The molecule has 2 atom stereocenters. The van der Waals surface area contributed by atoms with E-state index in [-0.39, 0.29) is 0 Å². The first-order chi connectivity index (χ1) is 9.56. The van der Waals surface area contributed by atoms with Gasteiger partial charge in [-0.05, 0) is 79.1 Å². The van der Waals surface area contributed by atoms with Crippen LogP contribution in [0, 0.1) is 5.92 Å². The lowest BCUT2D eigenvalue weighted by atomic mass is 10.00. The molecule has 20 heavy (non-hydrogen) atoms. The van der Waals surface area contributed by atoms with E-state index in [1.54, 1.807) is 0 Å². The van der Waals surface area contributed by atoms with Crippen LogP contribution < -0.4 is 0 Å². The molecule has 0 aromatic rings. The van der Waals surface area contributed by atoms with Crippen molar-refractivity contribution < 1.29 is 0 Å². The molecule has 118 valence electrons. The predicted octanol–water partition coefficient (Wildman–Crippen LogP) is 2.52. The molecular formula is C17H35N3. The number of likely N-dealkylation sites (N-methyl/N-ethyl adjacent to an activating group) is 1. The smallest absolute Gasteiger partial charge is 0.0109 e. The van der Waals surface area contributed by atoms with E-state index in [0.717, 1.165) is 18.0 Å². The second-order valence-corrected chi connectivity index (χ2v) is 7.35. The maximum absolute atomic E-state index is 2.73. The average molecular weight is 281 g/mol. The maximum Gasteiger partial charge on any atom is 0.0109 e. The van der Waals surface area contributed by atoms with Gasteiger partial charge in [-0.3, -0.25) is 0 Å². The highest BCUT2D eigenvalue weighted by molar-refractivity contribution is 4.78. The van der Waals surface area contributed by atoms with Gasteiger partial charge in [0.15, 0.2) is 0 Å². The molecule has 0 aromatic carbocycles. The number of likely N-dealkylation sites (tertiary alicyclic amines) is 1. The van der Waals surface area contributed by atoms with Crippen molar-refractivity contribution in [3.63, 3.8) is 0 Å². The molecule has 0 saturated carbocycles. The summed E-state index contributed by atoms with van der Waals surface area (Å²) in [4.78, 5) is 7.92. The molecule has 0 spiro atoms. The Morgan fingerprint density at radius 1 is 0.950 bits per heavy atom. The zero-order valence-electron chi connectivity index (χ0n) is 14.1. The Hall–Kier alpha value is -0.120. The van der Waals surface area contributed by atoms with Crippen LogP contribution in [0.5, 0.6) is 0 Å². The number of hydrogen-bond acceptors (Lipinski definition) is 3. The van der Waals surface area contributed by atoms with Crippen LogP contribution in [0.4, 0.5) is 0 Å². The molecule has 2 fully saturated rings. The average Bonchev–Trinajstić information content (AvgIpc) is 2.73. The second-order valence-electron chi connectivity index (χ2n) is 7.35. The first-order valence-corrected chi connectivity index (χ1v) is 8.73. The summed E-state index contributed by atoms with van der Waals surface area (Å²) in [5.41, 5.74) is 0. The van der Waals surface area contributed by atoms with Crippen LogP contribution in [0.15, 0.2) is 0 Å². The van der Waals surface area contributed by atoms with Crippen LogP contribution in [-0.4, -0.2) is 73.1 Å². The summed E-state index contributed by atoms with van der Waals surface area (Å²) < 4.78 is 0. The Labute approximate surface area is 126 Å². The SMILES string of the molecule is CC(C)N1CCCC(CN2CC[C@H](C)N(C)CC2)CC1. The summed E-state index contributed by atoms with van der Waals surface area (Å²) in [6, 6.07) is 1.48. The Morgan fingerprint density at radius 3 is 2.50 bits per heavy atom. The lowest BCUT2D eigenvalue weighted by Crippen LogP contribution is -2.34. The Morgan fingerprint density at radius 2 is 1.75 bits per heavy atom. The quantitative estimate of drug-likeness (QED) is 0.787. The van der Waals surface area contributed by atoms with Gasteiger partial charge in [0.25, 0.3) is 0 Å². The van der Waals surface area contributed by atoms with Crippen molar-refractivity contribution in [1.82, 2.24) is 14.7 Å². The van der Waals surface area contributed by atoms with Crippen LogP contribution >= 0.6 is 0 Å². The van der Waals surface area contributed by atoms with Gasteiger partial charge in [-0.25, -0.2) is 0 Å². The number of hydrogen-bond donors (Lipinski definition) is 0. The monoisotopic (exact) mass is 281 g/mol. The van der Waals surface area contributed by atoms with Crippen molar-refractivity contribution in [2.24, 2.45) is 5.92 Å². The van der Waals surface area contributed by atoms with Crippen LogP contribution in [0.2, 0.25) is 0 Å². The minimum atomic E-state index is 0.724. The van der Waals surface area contributed by atoms with Crippen molar-refractivity contribution in [3.8, 4) is 0 Å². The van der Waals surface area contributed by atoms with Crippen molar-refractivity contribution in [3.05, 3.63) is 0 Å². The second kappa shape index (κ2) is 7.77. The van der Waals surface area contributed by atoms with Gasteiger partial charge in [0, 0.05) is 31.7 Å². The minimum Gasteiger partial charge on any atom is -0.302 e. The molecule has 0 radical (unpaired) electrons. The molecule has 0 N–H and O–H groups in total. The molecule has 1 unspecified atom stereocenters. The van der Waals surface area contributed by atoms with Crippen molar-refractivity contribution in [1.29, 1.82) is 0 Å². The summed E-state index contributed by atoms with van der Waals surface area (Å²) in [5.74, 6) is 0.928. The van der Waals surface area contributed by atoms with E-state index in [4.69, 9.17) is 0 Å². The van der Waals surface area contributed by atoms with Gasteiger partial charge in [0.1, 0.15) is 0 Å². The number of rotatable bonds is 3. The summed E-state index contributed by atoms with van der Waals surface area (Å²) in [6.07, 6.45) is 5.57. The highest BCUT2D eigenvalue weighted by atomic mass is 15.2. The van der Waals surface area contributed by atoms with Crippen molar-refractivity contribution in [2.75, 3.05) is 46.3 Å². The van der Waals surface area contributed by atoms with E-state index < -0.39 is 0 Å². The largest absolute Gasteiger partial charge is 0.302 e. The fourth-order valence-corrected chi connectivity index (χ4v) is 3.66. The third-order valence-electron chi connectivity index (χ3n) is 5.51. The summed E-state index contributed by atoms with van der Waals surface area (Å²) in [6.45, 7) is 14.8. The van der Waals surface area contributed by atoms with E-state index in [2.05, 4.69) is 42.5 Å². The predicted molar refractivity (Wildman–Crippen MR) is 87.2 cm³/mol. The molecule has 0 aliphatic carbocycles. The highest BCUT2D eigenvalue weighted by Gasteiger charge is 2.23. The maximum atomic E-state index is 2.73. The van der Waals surface area contributed by atoms with E-state index in [0.29, 0.717) is 0 Å². The third-order valence-corrected chi connectivity index (χ3v) is 5.51. The van der Waals surface area contributed by atoms with Crippen molar-refractivity contribution in [2.45, 2.75) is 58.5 Å². The summed E-state index contributed by atoms with van der Waals surface area (Å²) >= 11 is 0. The molecule has 2 saturated heterocycles. The molecule has 2 heterocycles. The van der Waals surface area contributed by atoms with Gasteiger partial charge in [-0.2, -0.15) is 0 Å². The normalized spacial score (nSPS) is 32.2. The molecule has 3 nitrogen and oxygen atoms in total. The topological polar surface area (TPSA) is 9.72 Å². The third kappa shape index (κ3) is 4.71.